The van der Waals surface area contributed by atoms with Crippen LogP contribution in [-0.2, 0) is 4.74 Å². The number of nitrogens with zero attached hydrogens (tertiary/aromatic N) is 3. The number of thiocarbonyl (C=S) groups is 1. The number of ether oxygens (including phenoxy) is 3. The maximum absolute atomic E-state index is 12.7. The summed E-state index contributed by atoms with van der Waals surface area (Å²) in [6, 6.07) is 13.2. The van der Waals surface area contributed by atoms with Gasteiger partial charge in [0.25, 0.3) is 0 Å². The Kier molecular flexibility index (Phi) is 6.56. The minimum absolute atomic E-state index is 0.126. The molecule has 1 aliphatic rings. The molecule has 1 atom stereocenters. The van der Waals surface area contributed by atoms with Crippen molar-refractivity contribution in [1.82, 2.24) is 14.9 Å². The van der Waals surface area contributed by atoms with Gasteiger partial charge in [-0.25, -0.2) is 9.97 Å². The number of alkyl halides is 3. The van der Waals surface area contributed by atoms with E-state index in [4.69, 9.17) is 21.7 Å². The molecule has 0 radical (unpaired) electrons. The van der Waals surface area contributed by atoms with Crippen molar-refractivity contribution in [1.29, 1.82) is 0 Å². The molecule has 1 N–H and O–H groups in total. The van der Waals surface area contributed by atoms with Crippen LogP contribution in [-0.4, -0.2) is 58.7 Å². The zero-order valence-electron chi connectivity index (χ0n) is 16.7. The second-order valence-electron chi connectivity index (χ2n) is 6.92. The van der Waals surface area contributed by atoms with Crippen molar-refractivity contribution >= 4 is 33.9 Å². The number of fused-ring (bicyclic) bond motifs is 1. The number of hydrogen-bond acceptors (Lipinski definition) is 6. The zero-order chi connectivity index (χ0) is 22.6. The Bertz CT molecular complexity index is 1090. The Balaban J connectivity index is 1.37. The predicted octanol–water partition coefficient (Wildman–Crippen LogP) is 4.01. The number of anilines is 1. The van der Waals surface area contributed by atoms with E-state index in [0.717, 1.165) is 10.9 Å². The topological polar surface area (TPSA) is 68.7 Å². The van der Waals surface area contributed by atoms with E-state index in [2.05, 4.69) is 20.0 Å². The molecule has 2 heterocycles. The van der Waals surface area contributed by atoms with E-state index in [1.165, 1.54) is 24.5 Å². The number of benzene rings is 2. The highest BCUT2D eigenvalue weighted by Gasteiger charge is 2.32. The first kappa shape index (κ1) is 22.0. The predicted molar refractivity (Wildman–Crippen MR) is 116 cm³/mol. The molecule has 1 saturated heterocycles. The molecule has 0 saturated carbocycles. The minimum Gasteiger partial charge on any atom is -0.474 e. The molecule has 11 heteroatoms. The van der Waals surface area contributed by atoms with Crippen LogP contribution in [0.15, 0.2) is 54.9 Å². The minimum atomic E-state index is -4.80. The van der Waals surface area contributed by atoms with Gasteiger partial charge in [0.2, 0.25) is 5.88 Å². The normalized spacial score (nSPS) is 16.6. The van der Waals surface area contributed by atoms with Crippen LogP contribution in [0.25, 0.3) is 10.9 Å². The molecule has 32 heavy (non-hydrogen) atoms. The van der Waals surface area contributed by atoms with Gasteiger partial charge in [-0.2, -0.15) is 0 Å². The zero-order valence-corrected chi connectivity index (χ0v) is 17.5. The van der Waals surface area contributed by atoms with Crippen molar-refractivity contribution in [2.75, 3.05) is 31.6 Å². The van der Waals surface area contributed by atoms with Crippen LogP contribution in [0.3, 0.4) is 0 Å². The fourth-order valence-corrected chi connectivity index (χ4v) is 3.53. The largest absolute Gasteiger partial charge is 0.573 e. The SMILES string of the molecule is FC(F)(F)Oc1ccccc1NC(=S)N1CCOC(COc2ncnc3ccccc23)C1. The molecule has 168 valence electrons. The molecular formula is C21H19F3N4O3S. The molecule has 0 aliphatic carbocycles. The van der Waals surface area contributed by atoms with Gasteiger partial charge in [-0.05, 0) is 36.5 Å². The monoisotopic (exact) mass is 464 g/mol. The van der Waals surface area contributed by atoms with Gasteiger partial charge >= 0.3 is 6.36 Å². The lowest BCUT2D eigenvalue weighted by atomic mass is 10.2. The Morgan fingerprint density at radius 1 is 1.16 bits per heavy atom. The van der Waals surface area contributed by atoms with E-state index in [1.54, 1.807) is 6.07 Å². The van der Waals surface area contributed by atoms with E-state index >= 15 is 0 Å². The highest BCUT2D eigenvalue weighted by molar-refractivity contribution is 7.80. The van der Waals surface area contributed by atoms with Crippen molar-refractivity contribution in [2.24, 2.45) is 0 Å². The average molecular weight is 464 g/mol. The van der Waals surface area contributed by atoms with Crippen LogP contribution in [0.5, 0.6) is 11.6 Å². The second-order valence-corrected chi connectivity index (χ2v) is 7.31. The summed E-state index contributed by atoms with van der Waals surface area (Å²) in [7, 11) is 0. The number of aromatic nitrogens is 2. The van der Waals surface area contributed by atoms with E-state index in [1.807, 2.05) is 29.2 Å². The number of hydrogen-bond donors (Lipinski definition) is 1. The Hall–Kier alpha value is -3.18. The molecule has 7 nitrogen and oxygen atoms in total. The van der Waals surface area contributed by atoms with Gasteiger partial charge in [0, 0.05) is 13.1 Å². The first-order chi connectivity index (χ1) is 15.4. The number of nitrogens with one attached hydrogen (secondary N) is 1. The average Bonchev–Trinajstić information content (AvgIpc) is 2.78. The molecule has 1 aliphatic heterocycles. The van der Waals surface area contributed by atoms with Gasteiger partial charge in [-0.3, -0.25) is 0 Å². The summed E-state index contributed by atoms with van der Waals surface area (Å²) in [5, 5.41) is 3.90. The fourth-order valence-electron chi connectivity index (χ4n) is 3.25. The molecule has 3 aromatic rings. The van der Waals surface area contributed by atoms with E-state index in [0.29, 0.717) is 25.6 Å². The fraction of sp³-hybridized carbons (Fsp3) is 0.286. The van der Waals surface area contributed by atoms with Crippen LogP contribution in [0.2, 0.25) is 0 Å². The number of para-hydroxylation sites is 3. The number of halogens is 3. The molecular weight excluding hydrogens is 445 g/mol. The summed E-state index contributed by atoms with van der Waals surface area (Å²) >= 11 is 5.41. The Morgan fingerprint density at radius 3 is 2.78 bits per heavy atom. The van der Waals surface area contributed by atoms with Gasteiger partial charge in [-0.1, -0.05) is 24.3 Å². The molecule has 0 amide bonds. The molecule has 1 aromatic heterocycles. The lowest BCUT2D eigenvalue weighted by molar-refractivity contribution is -0.274. The van der Waals surface area contributed by atoms with Gasteiger partial charge < -0.3 is 24.4 Å². The third-order valence-corrected chi connectivity index (χ3v) is 5.05. The third kappa shape index (κ3) is 5.54. The van der Waals surface area contributed by atoms with Crippen molar-refractivity contribution in [3.8, 4) is 11.6 Å². The highest BCUT2D eigenvalue weighted by atomic mass is 32.1. The standard InChI is InChI=1S/C21H19F3N4O3S/c22-21(23,24)31-18-8-4-3-7-17(18)27-20(32)28-9-10-29-14(11-28)12-30-19-15-5-1-2-6-16(15)25-13-26-19/h1-8,13-14H,9-12H2,(H,27,32). The number of morpholine rings is 1. The first-order valence-electron chi connectivity index (χ1n) is 9.74. The second kappa shape index (κ2) is 9.53. The molecule has 1 fully saturated rings. The van der Waals surface area contributed by atoms with Crippen molar-refractivity contribution in [2.45, 2.75) is 12.5 Å². The van der Waals surface area contributed by atoms with Crippen molar-refractivity contribution in [3.63, 3.8) is 0 Å². The summed E-state index contributed by atoms with van der Waals surface area (Å²) in [6.45, 7) is 1.51. The van der Waals surface area contributed by atoms with Gasteiger partial charge in [0.05, 0.1) is 23.2 Å². The first-order valence-corrected chi connectivity index (χ1v) is 10.1. The van der Waals surface area contributed by atoms with Gasteiger partial charge in [-0.15, -0.1) is 13.2 Å². The smallest absolute Gasteiger partial charge is 0.474 e. The third-order valence-electron chi connectivity index (χ3n) is 4.69. The quantitative estimate of drug-likeness (QED) is 0.569. The van der Waals surface area contributed by atoms with Crippen LogP contribution in [0.1, 0.15) is 0 Å². The molecule has 0 bridgehead atoms. The Morgan fingerprint density at radius 2 is 1.94 bits per heavy atom. The maximum Gasteiger partial charge on any atom is 0.573 e. The molecule has 0 spiro atoms. The lowest BCUT2D eigenvalue weighted by Crippen LogP contribution is -2.49. The van der Waals surface area contributed by atoms with Crippen molar-refractivity contribution < 1.29 is 27.4 Å². The van der Waals surface area contributed by atoms with Crippen LogP contribution in [0, 0.1) is 0 Å². The molecule has 4 rings (SSSR count). The summed E-state index contributed by atoms with van der Waals surface area (Å²) in [5.41, 5.74) is 0.899. The van der Waals surface area contributed by atoms with Crippen LogP contribution in [0.4, 0.5) is 18.9 Å². The number of rotatable bonds is 5. The maximum atomic E-state index is 12.7. The van der Waals surface area contributed by atoms with Crippen LogP contribution < -0.4 is 14.8 Å². The summed E-state index contributed by atoms with van der Waals surface area (Å²) in [4.78, 5) is 10.2. The summed E-state index contributed by atoms with van der Waals surface area (Å²) in [6.07, 6.45) is -3.67. The van der Waals surface area contributed by atoms with Crippen molar-refractivity contribution in [3.05, 3.63) is 54.9 Å². The molecule has 2 aromatic carbocycles. The molecule has 1 unspecified atom stereocenters. The lowest BCUT2D eigenvalue weighted by Gasteiger charge is -2.34. The summed E-state index contributed by atoms with van der Waals surface area (Å²) < 4.78 is 53.7. The Labute approximate surface area is 187 Å². The van der Waals surface area contributed by atoms with Gasteiger partial charge in [0.1, 0.15) is 19.0 Å². The highest BCUT2D eigenvalue weighted by Crippen LogP contribution is 2.30. The van der Waals surface area contributed by atoms with E-state index in [9.17, 15) is 13.2 Å². The van der Waals surface area contributed by atoms with Crippen LogP contribution >= 0.6 is 12.2 Å². The van der Waals surface area contributed by atoms with Gasteiger partial charge in [0.15, 0.2) is 10.9 Å². The summed E-state index contributed by atoms with van der Waals surface area (Å²) in [5.74, 6) is 0.0985. The van der Waals surface area contributed by atoms with E-state index < -0.39 is 6.36 Å². The van der Waals surface area contributed by atoms with E-state index in [-0.39, 0.29) is 29.3 Å².